The quantitative estimate of drug-likeness (QED) is 0.924. The zero-order valence-corrected chi connectivity index (χ0v) is 14.4. The second kappa shape index (κ2) is 5.72. The minimum Gasteiger partial charge on any atom is -0.481 e. The molecule has 6 heteroatoms. The van der Waals surface area contributed by atoms with Crippen LogP contribution >= 0.6 is 0 Å². The lowest BCUT2D eigenvalue weighted by molar-refractivity contribution is -0.142. The number of nitrogens with zero attached hydrogens (tertiary/aromatic N) is 1. The maximum absolute atomic E-state index is 12.8. The Kier molecular flexibility index (Phi) is 3.97. The molecule has 1 heterocycles. The second-order valence-corrected chi connectivity index (χ2v) is 8.43. The van der Waals surface area contributed by atoms with Gasteiger partial charge in [-0.15, -0.1) is 0 Å². The van der Waals surface area contributed by atoms with E-state index in [1.54, 1.807) is 26.0 Å². The molecule has 126 valence electrons. The van der Waals surface area contributed by atoms with Crippen molar-refractivity contribution in [3.05, 3.63) is 65.2 Å². The number of carboxylic acid groups (broad SMARTS) is 1. The minimum atomic E-state index is -3.60. The molecule has 0 saturated heterocycles. The van der Waals surface area contributed by atoms with Crippen molar-refractivity contribution in [3.63, 3.8) is 0 Å². The van der Waals surface area contributed by atoms with E-state index in [-0.39, 0.29) is 4.90 Å². The highest BCUT2D eigenvalue weighted by Crippen LogP contribution is 2.30. The molecule has 0 saturated carbocycles. The molecule has 2 aromatic carbocycles. The Morgan fingerprint density at radius 2 is 1.50 bits per heavy atom. The number of carboxylic acids is 1. The summed E-state index contributed by atoms with van der Waals surface area (Å²) in [7, 11) is -3.60. The van der Waals surface area contributed by atoms with E-state index in [9.17, 15) is 18.3 Å². The largest absolute Gasteiger partial charge is 0.481 e. The highest BCUT2D eigenvalue weighted by atomic mass is 32.2. The Morgan fingerprint density at radius 3 is 1.96 bits per heavy atom. The summed E-state index contributed by atoms with van der Waals surface area (Å²) in [6.45, 7) is 3.91. The summed E-state index contributed by atoms with van der Waals surface area (Å²) in [5, 5.41) is 9.27. The van der Waals surface area contributed by atoms with Gasteiger partial charge in [0.2, 0.25) is 10.0 Å². The summed E-state index contributed by atoms with van der Waals surface area (Å²) in [5.41, 5.74) is 1.54. The van der Waals surface area contributed by atoms with Gasteiger partial charge in [0, 0.05) is 13.1 Å². The molecule has 0 bridgehead atoms. The molecule has 1 N–H and O–H groups in total. The monoisotopic (exact) mass is 345 g/mol. The van der Waals surface area contributed by atoms with Crippen LogP contribution in [0, 0.1) is 0 Å². The Bertz CT molecular complexity index is 860. The molecular formula is C18H19NO4S. The molecule has 0 atom stereocenters. The van der Waals surface area contributed by atoms with Gasteiger partial charge in [0.05, 0.1) is 10.3 Å². The van der Waals surface area contributed by atoms with Gasteiger partial charge in [-0.05, 0) is 42.7 Å². The molecular weight excluding hydrogens is 326 g/mol. The first-order valence-electron chi connectivity index (χ1n) is 7.64. The molecule has 0 spiro atoms. The van der Waals surface area contributed by atoms with Gasteiger partial charge in [0.15, 0.2) is 0 Å². The second-order valence-electron chi connectivity index (χ2n) is 6.50. The highest BCUT2D eigenvalue weighted by molar-refractivity contribution is 7.89. The molecule has 24 heavy (non-hydrogen) atoms. The van der Waals surface area contributed by atoms with Crippen LogP contribution in [0.3, 0.4) is 0 Å². The van der Waals surface area contributed by atoms with Crippen LogP contribution in [0.15, 0.2) is 53.4 Å². The molecule has 2 aromatic rings. The van der Waals surface area contributed by atoms with E-state index in [4.69, 9.17) is 0 Å². The summed E-state index contributed by atoms with van der Waals surface area (Å²) in [5.74, 6) is -0.951. The van der Waals surface area contributed by atoms with Gasteiger partial charge >= 0.3 is 5.97 Å². The lowest BCUT2D eigenvalue weighted by Crippen LogP contribution is -2.29. The molecule has 5 nitrogen and oxygen atoms in total. The number of sulfonamides is 1. The Hall–Kier alpha value is -2.18. The topological polar surface area (TPSA) is 74.7 Å². The van der Waals surface area contributed by atoms with E-state index in [0.29, 0.717) is 18.7 Å². The van der Waals surface area contributed by atoms with E-state index in [0.717, 1.165) is 11.1 Å². The Labute approximate surface area is 141 Å². The summed E-state index contributed by atoms with van der Waals surface area (Å²) in [6.07, 6.45) is 0. The van der Waals surface area contributed by atoms with E-state index in [2.05, 4.69) is 0 Å². The van der Waals surface area contributed by atoms with Crippen molar-refractivity contribution < 1.29 is 18.3 Å². The summed E-state index contributed by atoms with van der Waals surface area (Å²) >= 11 is 0. The Balaban J connectivity index is 1.88. The minimum absolute atomic E-state index is 0.181. The predicted octanol–water partition coefficient (Wildman–Crippen LogP) is 2.75. The van der Waals surface area contributed by atoms with Crippen molar-refractivity contribution in [3.8, 4) is 0 Å². The van der Waals surface area contributed by atoms with Crippen molar-refractivity contribution in [1.82, 2.24) is 4.31 Å². The van der Waals surface area contributed by atoms with Crippen LogP contribution in [-0.2, 0) is 33.3 Å². The highest BCUT2D eigenvalue weighted by Gasteiger charge is 2.32. The zero-order valence-electron chi connectivity index (χ0n) is 13.6. The standard InChI is InChI=1S/C18H19NO4S/c1-18(2,17(20)21)15-7-9-16(10-8-15)24(22,23)19-11-13-5-3-4-6-14(13)12-19/h3-10H,11-12H2,1-2H3,(H,20,21). The first kappa shape index (κ1) is 16.7. The van der Waals surface area contributed by atoms with Crippen LogP contribution < -0.4 is 0 Å². The number of carbonyl (C=O) groups is 1. The van der Waals surface area contributed by atoms with E-state index in [1.807, 2.05) is 24.3 Å². The molecule has 0 aliphatic carbocycles. The first-order valence-corrected chi connectivity index (χ1v) is 9.08. The van der Waals surface area contributed by atoms with Crippen LogP contribution in [-0.4, -0.2) is 23.8 Å². The third-order valence-corrected chi connectivity index (χ3v) is 6.37. The SMILES string of the molecule is CC(C)(C(=O)O)c1ccc(S(=O)(=O)N2Cc3ccccc3C2)cc1. The maximum atomic E-state index is 12.8. The van der Waals surface area contributed by atoms with Crippen molar-refractivity contribution >= 4 is 16.0 Å². The van der Waals surface area contributed by atoms with Gasteiger partial charge in [0.1, 0.15) is 0 Å². The van der Waals surface area contributed by atoms with Crippen LogP contribution in [0.5, 0.6) is 0 Å². The molecule has 0 fully saturated rings. The summed E-state index contributed by atoms with van der Waals surface area (Å²) in [6, 6.07) is 13.8. The molecule has 0 aromatic heterocycles. The van der Waals surface area contributed by atoms with E-state index in [1.165, 1.54) is 16.4 Å². The molecule has 0 amide bonds. The van der Waals surface area contributed by atoms with Crippen molar-refractivity contribution in [2.24, 2.45) is 0 Å². The molecule has 1 aliphatic rings. The van der Waals surface area contributed by atoms with Crippen molar-refractivity contribution in [2.75, 3.05) is 0 Å². The number of hydrogen-bond donors (Lipinski definition) is 1. The van der Waals surface area contributed by atoms with Crippen LogP contribution in [0.2, 0.25) is 0 Å². The average Bonchev–Trinajstić information content (AvgIpc) is 2.99. The van der Waals surface area contributed by atoms with Crippen LogP contribution in [0.4, 0.5) is 0 Å². The summed E-state index contributed by atoms with van der Waals surface area (Å²) in [4.78, 5) is 11.5. The smallest absolute Gasteiger partial charge is 0.313 e. The number of hydrogen-bond acceptors (Lipinski definition) is 3. The van der Waals surface area contributed by atoms with Crippen LogP contribution in [0.1, 0.15) is 30.5 Å². The molecule has 1 aliphatic heterocycles. The maximum Gasteiger partial charge on any atom is 0.313 e. The fourth-order valence-corrected chi connectivity index (χ4v) is 4.18. The summed E-state index contributed by atoms with van der Waals surface area (Å²) < 4.78 is 27.1. The number of fused-ring (bicyclic) bond motifs is 1. The van der Waals surface area contributed by atoms with Crippen molar-refractivity contribution in [1.29, 1.82) is 0 Å². The van der Waals surface area contributed by atoms with E-state index >= 15 is 0 Å². The normalized spacial score (nSPS) is 15.2. The predicted molar refractivity (Wildman–Crippen MR) is 90.0 cm³/mol. The van der Waals surface area contributed by atoms with Gasteiger partial charge in [-0.2, -0.15) is 4.31 Å². The van der Waals surface area contributed by atoms with Gasteiger partial charge < -0.3 is 5.11 Å². The van der Waals surface area contributed by atoms with Gasteiger partial charge in [-0.25, -0.2) is 8.42 Å². The van der Waals surface area contributed by atoms with Crippen molar-refractivity contribution in [2.45, 2.75) is 37.2 Å². The zero-order chi connectivity index (χ0) is 17.5. The number of benzene rings is 2. The fraction of sp³-hybridized carbons (Fsp3) is 0.278. The fourth-order valence-electron chi connectivity index (χ4n) is 2.79. The third kappa shape index (κ3) is 2.72. The van der Waals surface area contributed by atoms with Gasteiger partial charge in [-0.3, -0.25) is 4.79 Å². The van der Waals surface area contributed by atoms with Gasteiger partial charge in [-0.1, -0.05) is 36.4 Å². The lowest BCUT2D eigenvalue weighted by atomic mass is 9.85. The lowest BCUT2D eigenvalue weighted by Gasteiger charge is -2.21. The average molecular weight is 345 g/mol. The first-order chi connectivity index (χ1) is 11.2. The Morgan fingerprint density at radius 1 is 1.00 bits per heavy atom. The molecule has 0 unspecified atom stereocenters. The number of aliphatic carboxylic acids is 1. The molecule has 3 rings (SSSR count). The van der Waals surface area contributed by atoms with Crippen LogP contribution in [0.25, 0.3) is 0 Å². The number of rotatable bonds is 4. The van der Waals surface area contributed by atoms with Gasteiger partial charge in [0.25, 0.3) is 0 Å². The third-order valence-electron chi connectivity index (χ3n) is 4.56. The van der Waals surface area contributed by atoms with E-state index < -0.39 is 21.4 Å². The molecule has 0 radical (unpaired) electrons.